The molecular formula is C22H34IN5O. The van der Waals surface area contributed by atoms with E-state index < -0.39 is 0 Å². The first-order valence-electron chi connectivity index (χ1n) is 10.3. The largest absolute Gasteiger partial charge is 0.379 e. The molecule has 29 heavy (non-hydrogen) atoms. The molecule has 0 amide bonds. The fraction of sp³-hybridized carbons (Fsp3) is 0.545. The molecule has 0 spiro atoms. The van der Waals surface area contributed by atoms with E-state index in [2.05, 4.69) is 63.6 Å². The number of fused-ring (bicyclic) bond motifs is 1. The summed E-state index contributed by atoms with van der Waals surface area (Å²) in [6, 6.07) is 10.8. The fourth-order valence-corrected chi connectivity index (χ4v) is 3.77. The van der Waals surface area contributed by atoms with E-state index in [-0.39, 0.29) is 24.0 Å². The van der Waals surface area contributed by atoms with Crippen molar-refractivity contribution in [2.75, 3.05) is 39.9 Å². The van der Waals surface area contributed by atoms with Gasteiger partial charge in [-0.25, -0.2) is 0 Å². The molecule has 0 saturated carbocycles. The number of hydrogen-bond donors (Lipinski definition) is 2. The van der Waals surface area contributed by atoms with Crippen molar-refractivity contribution in [3.63, 3.8) is 0 Å². The number of ether oxygens (including phenoxy) is 1. The van der Waals surface area contributed by atoms with Crippen LogP contribution in [0.3, 0.4) is 0 Å². The Morgan fingerprint density at radius 3 is 2.66 bits per heavy atom. The van der Waals surface area contributed by atoms with Gasteiger partial charge in [0.2, 0.25) is 0 Å². The minimum atomic E-state index is 0. The molecule has 1 saturated heterocycles. The van der Waals surface area contributed by atoms with Crippen LogP contribution in [0.2, 0.25) is 0 Å². The second kappa shape index (κ2) is 12.3. The summed E-state index contributed by atoms with van der Waals surface area (Å²) in [4.78, 5) is 11.5. The van der Waals surface area contributed by atoms with Crippen LogP contribution in [0.4, 0.5) is 0 Å². The predicted molar refractivity (Wildman–Crippen MR) is 131 cm³/mol. The second-order valence-corrected chi connectivity index (χ2v) is 7.73. The summed E-state index contributed by atoms with van der Waals surface area (Å²) in [6.07, 6.45) is 3.01. The Labute approximate surface area is 191 Å². The van der Waals surface area contributed by atoms with Gasteiger partial charge >= 0.3 is 0 Å². The number of benzene rings is 1. The number of rotatable bonds is 7. The minimum absolute atomic E-state index is 0. The van der Waals surface area contributed by atoms with E-state index in [1.54, 1.807) is 0 Å². The molecule has 160 valence electrons. The summed E-state index contributed by atoms with van der Waals surface area (Å²) in [6.45, 7) is 9.82. The molecule has 1 aromatic carbocycles. The fourth-order valence-electron chi connectivity index (χ4n) is 3.77. The zero-order chi connectivity index (χ0) is 19.8. The number of aliphatic imine (C=N–C) groups is 1. The molecule has 0 aliphatic carbocycles. The number of hydrogen-bond acceptors (Lipinski definition) is 4. The molecule has 1 aliphatic rings. The highest BCUT2D eigenvalue weighted by Crippen LogP contribution is 2.16. The van der Waals surface area contributed by atoms with Crippen molar-refractivity contribution in [2.45, 2.75) is 32.9 Å². The van der Waals surface area contributed by atoms with Crippen LogP contribution >= 0.6 is 24.0 Å². The molecule has 1 unspecified atom stereocenters. The third-order valence-electron chi connectivity index (χ3n) is 5.20. The maximum Gasteiger partial charge on any atom is 0.191 e. The van der Waals surface area contributed by atoms with Crippen LogP contribution in [-0.4, -0.2) is 61.8 Å². The third kappa shape index (κ3) is 7.08. The first-order valence-corrected chi connectivity index (χ1v) is 10.3. The first kappa shape index (κ1) is 23.8. The zero-order valence-electron chi connectivity index (χ0n) is 17.7. The lowest BCUT2D eigenvalue weighted by Gasteiger charge is -2.35. The second-order valence-electron chi connectivity index (χ2n) is 7.73. The van der Waals surface area contributed by atoms with Gasteiger partial charge in [-0.2, -0.15) is 0 Å². The number of guanidine groups is 1. The minimum Gasteiger partial charge on any atom is -0.379 e. The normalized spacial score (nSPS) is 16.5. The van der Waals surface area contributed by atoms with Gasteiger partial charge in [0, 0.05) is 50.9 Å². The molecule has 1 aromatic heterocycles. The maximum absolute atomic E-state index is 5.52. The van der Waals surface area contributed by atoms with Crippen LogP contribution in [0.5, 0.6) is 0 Å². The van der Waals surface area contributed by atoms with E-state index in [1.807, 2.05) is 19.3 Å². The molecule has 1 aliphatic heterocycles. The van der Waals surface area contributed by atoms with E-state index in [0.29, 0.717) is 18.5 Å². The van der Waals surface area contributed by atoms with Crippen LogP contribution in [0, 0.1) is 5.92 Å². The molecule has 6 nitrogen and oxygen atoms in total. The molecule has 2 aromatic rings. The van der Waals surface area contributed by atoms with Gasteiger partial charge in [-0.05, 0) is 24.0 Å². The monoisotopic (exact) mass is 511 g/mol. The first-order chi connectivity index (χ1) is 13.7. The van der Waals surface area contributed by atoms with E-state index in [0.717, 1.165) is 56.1 Å². The van der Waals surface area contributed by atoms with Crippen molar-refractivity contribution in [3.8, 4) is 0 Å². The van der Waals surface area contributed by atoms with Gasteiger partial charge in [-0.1, -0.05) is 38.1 Å². The lowest BCUT2D eigenvalue weighted by molar-refractivity contribution is 0.0132. The smallest absolute Gasteiger partial charge is 0.191 e. The van der Waals surface area contributed by atoms with Crippen molar-refractivity contribution < 1.29 is 4.74 Å². The Hall–Kier alpha value is -1.45. The van der Waals surface area contributed by atoms with Crippen LogP contribution < -0.4 is 10.6 Å². The van der Waals surface area contributed by atoms with Crippen molar-refractivity contribution in [1.82, 2.24) is 20.5 Å². The Morgan fingerprint density at radius 2 is 1.93 bits per heavy atom. The summed E-state index contributed by atoms with van der Waals surface area (Å²) < 4.78 is 5.52. The Morgan fingerprint density at radius 1 is 1.17 bits per heavy atom. The van der Waals surface area contributed by atoms with Gasteiger partial charge in [0.15, 0.2) is 5.96 Å². The number of nitrogens with zero attached hydrogens (tertiary/aromatic N) is 3. The molecule has 2 N–H and O–H groups in total. The molecule has 1 atom stereocenters. The number of halogens is 1. The van der Waals surface area contributed by atoms with Crippen molar-refractivity contribution in [1.29, 1.82) is 0 Å². The summed E-state index contributed by atoms with van der Waals surface area (Å²) in [5.41, 5.74) is 2.21. The number of morpholine rings is 1. The molecule has 3 rings (SSSR count). The average molecular weight is 511 g/mol. The van der Waals surface area contributed by atoms with Crippen LogP contribution in [0.15, 0.2) is 41.5 Å². The van der Waals surface area contributed by atoms with Gasteiger partial charge in [0.05, 0.1) is 18.7 Å². The SMILES string of the molecule is CN=C(NCc1cccc2cccnc12)NCC(CC(C)C)N1CCOCC1.I. The number of aromatic nitrogens is 1. The highest BCUT2D eigenvalue weighted by Gasteiger charge is 2.22. The molecule has 1 fully saturated rings. The van der Waals surface area contributed by atoms with Crippen molar-refractivity contribution in [2.24, 2.45) is 10.9 Å². The Bertz CT molecular complexity index is 771. The van der Waals surface area contributed by atoms with E-state index in [1.165, 1.54) is 5.56 Å². The zero-order valence-corrected chi connectivity index (χ0v) is 20.1. The van der Waals surface area contributed by atoms with Crippen LogP contribution in [-0.2, 0) is 11.3 Å². The molecule has 7 heteroatoms. The molecule has 0 bridgehead atoms. The predicted octanol–water partition coefficient (Wildman–Crippen LogP) is 3.26. The quantitative estimate of drug-likeness (QED) is 0.340. The van der Waals surface area contributed by atoms with Crippen molar-refractivity contribution >= 4 is 40.8 Å². The summed E-state index contributed by atoms with van der Waals surface area (Å²) in [7, 11) is 1.82. The van der Waals surface area contributed by atoms with Gasteiger partial charge in [-0.15, -0.1) is 24.0 Å². The maximum atomic E-state index is 5.52. The summed E-state index contributed by atoms with van der Waals surface area (Å²) in [5.74, 6) is 1.49. The topological polar surface area (TPSA) is 61.8 Å². The number of para-hydroxylation sites is 1. The van der Waals surface area contributed by atoms with E-state index in [4.69, 9.17) is 4.74 Å². The highest BCUT2D eigenvalue weighted by molar-refractivity contribution is 14.0. The van der Waals surface area contributed by atoms with Gasteiger partial charge in [0.25, 0.3) is 0 Å². The van der Waals surface area contributed by atoms with Crippen LogP contribution in [0.1, 0.15) is 25.8 Å². The third-order valence-corrected chi connectivity index (χ3v) is 5.20. The molecule has 0 radical (unpaired) electrons. The molecule has 2 heterocycles. The number of nitrogens with one attached hydrogen (secondary N) is 2. The van der Waals surface area contributed by atoms with Gasteiger partial charge in [-0.3, -0.25) is 14.9 Å². The summed E-state index contributed by atoms with van der Waals surface area (Å²) in [5, 5.41) is 8.13. The Balaban J connectivity index is 0.00000300. The van der Waals surface area contributed by atoms with Gasteiger partial charge in [0.1, 0.15) is 0 Å². The van der Waals surface area contributed by atoms with E-state index in [9.17, 15) is 0 Å². The highest BCUT2D eigenvalue weighted by atomic mass is 127. The van der Waals surface area contributed by atoms with Gasteiger partial charge < -0.3 is 15.4 Å². The number of pyridine rings is 1. The van der Waals surface area contributed by atoms with Crippen LogP contribution in [0.25, 0.3) is 10.9 Å². The Kier molecular flexibility index (Phi) is 10.1. The van der Waals surface area contributed by atoms with E-state index >= 15 is 0 Å². The summed E-state index contributed by atoms with van der Waals surface area (Å²) >= 11 is 0. The average Bonchev–Trinajstić information content (AvgIpc) is 2.73. The standard InChI is InChI=1S/C22H33N5O.HI/c1-17(2)14-20(27-10-12-28-13-11-27)16-26-22(23-3)25-15-19-7-4-6-18-8-5-9-24-21(18)19;/h4-9,17,20H,10-16H2,1-3H3,(H2,23,25,26);1H. The van der Waals surface area contributed by atoms with Crippen molar-refractivity contribution in [3.05, 3.63) is 42.1 Å². The molecular weight excluding hydrogens is 477 g/mol. The lowest BCUT2D eigenvalue weighted by Crippen LogP contribution is -2.50. The lowest BCUT2D eigenvalue weighted by atomic mass is 10.0.